The van der Waals surface area contributed by atoms with Crippen molar-refractivity contribution < 1.29 is 26.3 Å². The van der Waals surface area contributed by atoms with Crippen LogP contribution in [0.5, 0.6) is 11.5 Å². The fraction of sp³-hybridized carbons (Fsp3) is 0.217. The summed E-state index contributed by atoms with van der Waals surface area (Å²) in [6.45, 7) is 5.31. The summed E-state index contributed by atoms with van der Waals surface area (Å²) in [4.78, 5) is -0.0141. The standard InChI is InChI=1S/C23H26N2O6S2/c1-15-12-16(2)23(17(3)13-15)33(28,29)25-20-14-18(10-11-22(20)31-5)32(26,27)24-19-8-6-7-9-21(19)30-4/h6-14,24-25H,1-5H3. The Hall–Kier alpha value is -3.24. The van der Waals surface area contributed by atoms with Gasteiger partial charge >= 0.3 is 0 Å². The van der Waals surface area contributed by atoms with E-state index in [4.69, 9.17) is 9.47 Å². The first kappa shape index (κ1) is 24.4. The molecule has 0 amide bonds. The smallest absolute Gasteiger partial charge is 0.262 e. The number of para-hydroxylation sites is 2. The molecule has 3 aromatic carbocycles. The van der Waals surface area contributed by atoms with E-state index in [0.717, 1.165) is 5.56 Å². The zero-order chi connectivity index (χ0) is 24.4. The van der Waals surface area contributed by atoms with Gasteiger partial charge in [-0.15, -0.1) is 0 Å². The summed E-state index contributed by atoms with van der Waals surface area (Å²) in [6, 6.07) is 14.1. The van der Waals surface area contributed by atoms with Crippen LogP contribution < -0.4 is 18.9 Å². The molecule has 176 valence electrons. The Kier molecular flexibility index (Phi) is 6.89. The van der Waals surface area contributed by atoms with E-state index in [1.165, 1.54) is 32.4 Å². The highest BCUT2D eigenvalue weighted by Gasteiger charge is 2.24. The van der Waals surface area contributed by atoms with Gasteiger partial charge in [0.25, 0.3) is 20.0 Å². The highest BCUT2D eigenvalue weighted by atomic mass is 32.2. The summed E-state index contributed by atoms with van der Waals surface area (Å²) in [7, 11) is -5.27. The maximum atomic E-state index is 13.2. The molecular weight excluding hydrogens is 464 g/mol. The van der Waals surface area contributed by atoms with Gasteiger partial charge in [0.2, 0.25) is 0 Å². The molecule has 8 nitrogen and oxygen atoms in total. The molecule has 0 atom stereocenters. The lowest BCUT2D eigenvalue weighted by molar-refractivity contribution is 0.416. The zero-order valence-electron chi connectivity index (χ0n) is 19.0. The van der Waals surface area contributed by atoms with Gasteiger partial charge in [-0.25, -0.2) is 16.8 Å². The third-order valence-corrected chi connectivity index (χ3v) is 7.98. The molecule has 0 bridgehead atoms. The lowest BCUT2D eigenvalue weighted by Crippen LogP contribution is -2.18. The normalized spacial score (nSPS) is 11.7. The molecule has 0 aromatic heterocycles. The number of rotatable bonds is 8. The molecule has 0 aliphatic heterocycles. The molecule has 0 radical (unpaired) electrons. The molecule has 0 saturated carbocycles. The van der Waals surface area contributed by atoms with Crippen LogP contribution in [-0.2, 0) is 20.0 Å². The van der Waals surface area contributed by atoms with Gasteiger partial charge in [0, 0.05) is 0 Å². The zero-order valence-corrected chi connectivity index (χ0v) is 20.6. The number of nitrogens with one attached hydrogen (secondary N) is 2. The first-order valence-electron chi connectivity index (χ1n) is 9.93. The summed E-state index contributed by atoms with van der Waals surface area (Å²) in [6.07, 6.45) is 0. The molecule has 0 spiro atoms. The molecular formula is C23H26N2O6S2. The second-order valence-corrected chi connectivity index (χ2v) is 10.8. The van der Waals surface area contributed by atoms with Crippen molar-refractivity contribution in [1.29, 1.82) is 0 Å². The molecule has 0 unspecified atom stereocenters. The van der Waals surface area contributed by atoms with E-state index in [1.807, 2.05) is 6.92 Å². The maximum Gasteiger partial charge on any atom is 0.262 e. The topological polar surface area (TPSA) is 111 Å². The van der Waals surface area contributed by atoms with E-state index in [0.29, 0.717) is 16.9 Å². The van der Waals surface area contributed by atoms with Crippen molar-refractivity contribution in [3.05, 3.63) is 71.3 Å². The molecule has 33 heavy (non-hydrogen) atoms. The Morgan fingerprint density at radius 1 is 0.667 bits per heavy atom. The van der Waals surface area contributed by atoms with Crippen LogP contribution in [0, 0.1) is 20.8 Å². The van der Waals surface area contributed by atoms with Crippen LogP contribution in [0.25, 0.3) is 0 Å². The fourth-order valence-corrected chi connectivity index (χ4v) is 6.27. The van der Waals surface area contributed by atoms with E-state index in [9.17, 15) is 16.8 Å². The third kappa shape index (κ3) is 5.23. The minimum atomic E-state index is -4.06. The number of anilines is 2. The Labute approximate surface area is 194 Å². The maximum absolute atomic E-state index is 13.2. The van der Waals surface area contributed by atoms with Gasteiger partial charge in [0.1, 0.15) is 11.5 Å². The van der Waals surface area contributed by atoms with Crippen molar-refractivity contribution in [1.82, 2.24) is 0 Å². The minimum absolute atomic E-state index is 0.000207. The van der Waals surface area contributed by atoms with E-state index >= 15 is 0 Å². The Bertz CT molecular complexity index is 1380. The second-order valence-electron chi connectivity index (χ2n) is 7.50. The highest BCUT2D eigenvalue weighted by Crippen LogP contribution is 2.33. The van der Waals surface area contributed by atoms with Crippen molar-refractivity contribution in [3.63, 3.8) is 0 Å². The summed E-state index contributed by atoms with van der Waals surface area (Å²) in [5, 5.41) is 0. The van der Waals surface area contributed by atoms with Crippen molar-refractivity contribution in [2.45, 2.75) is 30.6 Å². The molecule has 10 heteroatoms. The number of aryl methyl sites for hydroxylation is 3. The number of sulfonamides is 2. The Balaban J connectivity index is 2.03. The van der Waals surface area contributed by atoms with Gasteiger partial charge in [-0.1, -0.05) is 29.8 Å². The average Bonchev–Trinajstić information content (AvgIpc) is 2.72. The highest BCUT2D eigenvalue weighted by molar-refractivity contribution is 7.93. The van der Waals surface area contributed by atoms with Crippen LogP contribution in [0.1, 0.15) is 16.7 Å². The Morgan fingerprint density at radius 2 is 1.21 bits per heavy atom. The fourth-order valence-electron chi connectivity index (χ4n) is 3.65. The largest absolute Gasteiger partial charge is 0.495 e. The Morgan fingerprint density at radius 3 is 1.82 bits per heavy atom. The average molecular weight is 491 g/mol. The SMILES string of the molecule is COc1ccccc1NS(=O)(=O)c1ccc(OC)c(NS(=O)(=O)c2c(C)cc(C)cc2C)c1. The summed E-state index contributed by atoms with van der Waals surface area (Å²) >= 11 is 0. The molecule has 0 saturated heterocycles. The second kappa shape index (κ2) is 9.32. The van der Waals surface area contributed by atoms with Crippen LogP contribution in [0.15, 0.2) is 64.4 Å². The number of hydrogen-bond donors (Lipinski definition) is 2. The van der Waals surface area contributed by atoms with Crippen LogP contribution in [0.3, 0.4) is 0 Å². The summed E-state index contributed by atoms with van der Waals surface area (Å²) in [5.41, 5.74) is 2.36. The molecule has 3 aromatic rings. The van der Waals surface area contributed by atoms with E-state index < -0.39 is 20.0 Å². The monoisotopic (exact) mass is 490 g/mol. The van der Waals surface area contributed by atoms with Crippen LogP contribution in [-0.4, -0.2) is 31.1 Å². The molecule has 0 aliphatic carbocycles. The van der Waals surface area contributed by atoms with Gasteiger partial charge in [0.15, 0.2) is 0 Å². The van der Waals surface area contributed by atoms with Gasteiger partial charge in [-0.2, -0.15) is 0 Å². The predicted octanol–water partition coefficient (Wildman–Crippen LogP) is 4.23. The molecule has 3 rings (SSSR count). The minimum Gasteiger partial charge on any atom is -0.495 e. The number of methoxy groups -OCH3 is 2. The number of benzene rings is 3. The van der Waals surface area contributed by atoms with E-state index in [2.05, 4.69) is 9.44 Å². The number of hydrogen-bond acceptors (Lipinski definition) is 6. The molecule has 0 aliphatic rings. The molecule has 2 N–H and O–H groups in total. The molecule has 0 fully saturated rings. The summed E-state index contributed by atoms with van der Waals surface area (Å²) in [5.74, 6) is 0.526. The van der Waals surface area contributed by atoms with Gasteiger partial charge in [0.05, 0.1) is 35.4 Å². The van der Waals surface area contributed by atoms with Gasteiger partial charge < -0.3 is 9.47 Å². The van der Waals surface area contributed by atoms with Crippen molar-refractivity contribution in [2.75, 3.05) is 23.7 Å². The first-order chi connectivity index (χ1) is 15.5. The summed E-state index contributed by atoms with van der Waals surface area (Å²) < 4.78 is 67.9. The van der Waals surface area contributed by atoms with Crippen molar-refractivity contribution in [2.24, 2.45) is 0 Å². The van der Waals surface area contributed by atoms with Crippen LogP contribution >= 0.6 is 0 Å². The molecule has 0 heterocycles. The van der Waals surface area contributed by atoms with E-state index in [1.54, 1.807) is 50.2 Å². The lowest BCUT2D eigenvalue weighted by atomic mass is 10.1. The lowest BCUT2D eigenvalue weighted by Gasteiger charge is -2.17. The quantitative estimate of drug-likeness (QED) is 0.489. The van der Waals surface area contributed by atoms with Crippen LogP contribution in [0.4, 0.5) is 11.4 Å². The van der Waals surface area contributed by atoms with Crippen LogP contribution in [0.2, 0.25) is 0 Å². The van der Waals surface area contributed by atoms with E-state index in [-0.39, 0.29) is 26.9 Å². The van der Waals surface area contributed by atoms with Gasteiger partial charge in [-0.3, -0.25) is 9.44 Å². The predicted molar refractivity (Wildman–Crippen MR) is 128 cm³/mol. The van der Waals surface area contributed by atoms with Gasteiger partial charge in [-0.05, 0) is 62.2 Å². The van der Waals surface area contributed by atoms with Crippen molar-refractivity contribution >= 4 is 31.4 Å². The number of ether oxygens (including phenoxy) is 2. The first-order valence-corrected chi connectivity index (χ1v) is 12.9. The third-order valence-electron chi connectivity index (χ3n) is 4.95. The van der Waals surface area contributed by atoms with Crippen molar-refractivity contribution in [3.8, 4) is 11.5 Å².